The number of benzene rings is 1. The summed E-state index contributed by atoms with van der Waals surface area (Å²) >= 11 is 0. The van der Waals surface area contributed by atoms with E-state index in [1.807, 2.05) is 29.1 Å². The van der Waals surface area contributed by atoms with Crippen molar-refractivity contribution in [3.63, 3.8) is 0 Å². The molecular formula is C13H15N5. The molecule has 0 bridgehead atoms. The summed E-state index contributed by atoms with van der Waals surface area (Å²) in [5, 5.41) is 4.19. The third-order valence-corrected chi connectivity index (χ3v) is 3.01. The summed E-state index contributed by atoms with van der Waals surface area (Å²) in [6.45, 7) is 3.65. The maximum absolute atomic E-state index is 5.67. The number of hydrogen-bond donors (Lipinski definition) is 1. The lowest BCUT2D eigenvalue weighted by Crippen LogP contribution is -2.08. The summed E-state index contributed by atoms with van der Waals surface area (Å²) < 4.78 is 4.01. The van der Waals surface area contributed by atoms with Gasteiger partial charge < -0.3 is 10.3 Å². The van der Waals surface area contributed by atoms with Gasteiger partial charge in [-0.25, -0.2) is 4.98 Å². The standard InChI is InChI=1S/C13H15N5/c1-2-18-12-6-4-3-5-11(12)16-13(18)9-17-8-10(14)7-15-17/h3-8H,2,9,14H2,1H3. The summed E-state index contributed by atoms with van der Waals surface area (Å²) in [5.74, 6) is 1.00. The molecule has 0 fully saturated rings. The van der Waals surface area contributed by atoms with Crippen LogP contribution in [-0.4, -0.2) is 19.3 Å². The second-order valence-electron chi connectivity index (χ2n) is 4.23. The van der Waals surface area contributed by atoms with Crippen molar-refractivity contribution >= 4 is 16.7 Å². The third kappa shape index (κ3) is 1.73. The number of nitrogen functional groups attached to an aromatic ring is 1. The number of para-hydroxylation sites is 2. The van der Waals surface area contributed by atoms with Crippen molar-refractivity contribution in [2.24, 2.45) is 0 Å². The van der Waals surface area contributed by atoms with Gasteiger partial charge in [0.2, 0.25) is 0 Å². The van der Waals surface area contributed by atoms with Gasteiger partial charge >= 0.3 is 0 Å². The minimum Gasteiger partial charge on any atom is -0.396 e. The van der Waals surface area contributed by atoms with Crippen molar-refractivity contribution in [3.05, 3.63) is 42.5 Å². The van der Waals surface area contributed by atoms with E-state index in [4.69, 9.17) is 5.73 Å². The number of aryl methyl sites for hydroxylation is 1. The first-order chi connectivity index (χ1) is 8.78. The van der Waals surface area contributed by atoms with Gasteiger partial charge in [0.1, 0.15) is 5.82 Å². The van der Waals surface area contributed by atoms with E-state index in [2.05, 4.69) is 27.6 Å². The first-order valence-electron chi connectivity index (χ1n) is 6.00. The molecule has 0 unspecified atom stereocenters. The fourth-order valence-electron chi connectivity index (χ4n) is 2.21. The lowest BCUT2D eigenvalue weighted by molar-refractivity contribution is 0.614. The fourth-order valence-corrected chi connectivity index (χ4v) is 2.21. The van der Waals surface area contributed by atoms with Gasteiger partial charge in [0.15, 0.2) is 0 Å². The van der Waals surface area contributed by atoms with Crippen molar-refractivity contribution in [2.45, 2.75) is 20.0 Å². The number of nitrogens with two attached hydrogens (primary N) is 1. The molecule has 2 aromatic heterocycles. The molecule has 0 radical (unpaired) electrons. The molecule has 0 atom stereocenters. The molecule has 0 aliphatic carbocycles. The molecule has 92 valence electrons. The second kappa shape index (κ2) is 4.18. The highest BCUT2D eigenvalue weighted by Crippen LogP contribution is 2.16. The van der Waals surface area contributed by atoms with Crippen molar-refractivity contribution < 1.29 is 0 Å². The van der Waals surface area contributed by atoms with Crippen LogP contribution in [0.1, 0.15) is 12.7 Å². The van der Waals surface area contributed by atoms with Gasteiger partial charge in [-0.2, -0.15) is 5.10 Å². The highest BCUT2D eigenvalue weighted by molar-refractivity contribution is 5.75. The Morgan fingerprint density at radius 1 is 1.28 bits per heavy atom. The Hall–Kier alpha value is -2.30. The van der Waals surface area contributed by atoms with E-state index in [9.17, 15) is 0 Å². The van der Waals surface area contributed by atoms with E-state index in [1.54, 1.807) is 6.20 Å². The molecule has 2 N–H and O–H groups in total. The monoisotopic (exact) mass is 241 g/mol. The molecule has 0 spiro atoms. The number of nitrogens with zero attached hydrogens (tertiary/aromatic N) is 4. The lowest BCUT2D eigenvalue weighted by atomic mass is 10.3. The molecular weight excluding hydrogens is 226 g/mol. The second-order valence-corrected chi connectivity index (χ2v) is 4.23. The van der Waals surface area contributed by atoms with Crippen LogP contribution in [0.5, 0.6) is 0 Å². The molecule has 0 aliphatic heterocycles. The van der Waals surface area contributed by atoms with Crippen LogP contribution in [0.2, 0.25) is 0 Å². The Bertz CT molecular complexity index is 680. The number of fused-ring (bicyclic) bond motifs is 1. The molecule has 0 aliphatic rings. The highest BCUT2D eigenvalue weighted by atomic mass is 15.3. The zero-order valence-corrected chi connectivity index (χ0v) is 10.2. The maximum atomic E-state index is 5.67. The van der Waals surface area contributed by atoms with Crippen LogP contribution < -0.4 is 5.73 Å². The Balaban J connectivity index is 2.05. The Labute approximate surface area is 105 Å². The molecule has 2 heterocycles. The molecule has 3 rings (SSSR count). The average Bonchev–Trinajstić information content (AvgIpc) is 2.92. The quantitative estimate of drug-likeness (QED) is 0.761. The third-order valence-electron chi connectivity index (χ3n) is 3.01. The van der Waals surface area contributed by atoms with Gasteiger partial charge in [-0.15, -0.1) is 0 Å². The minimum atomic E-state index is 0.639. The van der Waals surface area contributed by atoms with Crippen molar-refractivity contribution in [1.29, 1.82) is 0 Å². The molecule has 0 saturated heterocycles. The maximum Gasteiger partial charge on any atom is 0.131 e. The van der Waals surface area contributed by atoms with Crippen LogP contribution in [0.25, 0.3) is 11.0 Å². The summed E-state index contributed by atoms with van der Waals surface area (Å²) in [4.78, 5) is 4.65. The SMILES string of the molecule is CCn1c(Cn2cc(N)cn2)nc2ccccc21. The van der Waals surface area contributed by atoms with Crippen molar-refractivity contribution in [2.75, 3.05) is 5.73 Å². The summed E-state index contributed by atoms with van der Waals surface area (Å²) in [6, 6.07) is 8.16. The zero-order chi connectivity index (χ0) is 12.5. The van der Waals surface area contributed by atoms with Crippen LogP contribution in [0.3, 0.4) is 0 Å². The largest absolute Gasteiger partial charge is 0.396 e. The summed E-state index contributed by atoms with van der Waals surface area (Å²) in [6.07, 6.45) is 3.47. The smallest absolute Gasteiger partial charge is 0.131 e. The number of rotatable bonds is 3. The first kappa shape index (κ1) is 10.8. The van der Waals surface area contributed by atoms with E-state index in [1.165, 1.54) is 0 Å². The lowest BCUT2D eigenvalue weighted by Gasteiger charge is -2.05. The van der Waals surface area contributed by atoms with E-state index in [-0.39, 0.29) is 0 Å². The number of hydrogen-bond acceptors (Lipinski definition) is 3. The van der Waals surface area contributed by atoms with Gasteiger partial charge in [-0.3, -0.25) is 4.68 Å². The molecule has 0 saturated carbocycles. The molecule has 0 amide bonds. The average molecular weight is 241 g/mol. The van der Waals surface area contributed by atoms with E-state index in [0.29, 0.717) is 12.2 Å². The molecule has 5 nitrogen and oxygen atoms in total. The van der Waals surface area contributed by atoms with Crippen LogP contribution in [0.15, 0.2) is 36.7 Å². The molecule has 5 heteroatoms. The van der Waals surface area contributed by atoms with Gasteiger partial charge in [-0.05, 0) is 19.1 Å². The number of imidazole rings is 1. The van der Waals surface area contributed by atoms with Crippen molar-refractivity contribution in [1.82, 2.24) is 19.3 Å². The van der Waals surface area contributed by atoms with Crippen LogP contribution >= 0.6 is 0 Å². The minimum absolute atomic E-state index is 0.639. The molecule has 1 aromatic carbocycles. The van der Waals surface area contributed by atoms with Gasteiger partial charge in [0.25, 0.3) is 0 Å². The Kier molecular flexibility index (Phi) is 2.51. The Morgan fingerprint density at radius 3 is 2.83 bits per heavy atom. The first-order valence-corrected chi connectivity index (χ1v) is 6.00. The number of aromatic nitrogens is 4. The normalized spacial score (nSPS) is 11.2. The highest BCUT2D eigenvalue weighted by Gasteiger charge is 2.09. The zero-order valence-electron chi connectivity index (χ0n) is 10.2. The summed E-state index contributed by atoms with van der Waals surface area (Å²) in [7, 11) is 0. The predicted molar refractivity (Wildman–Crippen MR) is 71.1 cm³/mol. The van der Waals surface area contributed by atoms with E-state index in [0.717, 1.165) is 23.4 Å². The Morgan fingerprint density at radius 2 is 2.11 bits per heavy atom. The summed E-state index contributed by atoms with van der Waals surface area (Å²) in [5.41, 5.74) is 8.53. The van der Waals surface area contributed by atoms with E-state index >= 15 is 0 Å². The molecule has 3 aromatic rings. The topological polar surface area (TPSA) is 61.7 Å². The van der Waals surface area contributed by atoms with Crippen LogP contribution in [-0.2, 0) is 13.1 Å². The predicted octanol–water partition coefficient (Wildman–Crippen LogP) is 1.88. The van der Waals surface area contributed by atoms with Gasteiger partial charge in [0, 0.05) is 12.7 Å². The van der Waals surface area contributed by atoms with E-state index < -0.39 is 0 Å². The van der Waals surface area contributed by atoms with Crippen LogP contribution in [0.4, 0.5) is 5.69 Å². The van der Waals surface area contributed by atoms with Crippen LogP contribution in [0, 0.1) is 0 Å². The van der Waals surface area contributed by atoms with Gasteiger partial charge in [0.05, 0.1) is 29.5 Å². The fraction of sp³-hybridized carbons (Fsp3) is 0.231. The van der Waals surface area contributed by atoms with Gasteiger partial charge in [-0.1, -0.05) is 12.1 Å². The van der Waals surface area contributed by atoms with Crippen molar-refractivity contribution in [3.8, 4) is 0 Å². The number of anilines is 1. The molecule has 18 heavy (non-hydrogen) atoms.